The van der Waals surface area contributed by atoms with Gasteiger partial charge in [-0.3, -0.25) is 9.59 Å². The number of hydrogen-bond acceptors (Lipinski definition) is 7. The van der Waals surface area contributed by atoms with Crippen molar-refractivity contribution >= 4 is 33.5 Å². The standard InChI is InChI=1S/C22H18N4O4S/c1-4-25-14-8-6-5-7-13(14)17(20(25)27)18-21(28)26-22(31-18)23-19(24-26)12-9-10-15(29-2)16(11-12)30-3/h5-11H,4H2,1-3H3. The van der Waals surface area contributed by atoms with Gasteiger partial charge in [0, 0.05) is 17.7 Å². The summed E-state index contributed by atoms with van der Waals surface area (Å²) >= 11 is 1.17. The molecule has 3 heterocycles. The Labute approximate surface area is 181 Å². The van der Waals surface area contributed by atoms with Gasteiger partial charge in [0.2, 0.25) is 4.96 Å². The second-order valence-corrected chi connectivity index (χ2v) is 7.85. The van der Waals surface area contributed by atoms with Crippen molar-refractivity contribution in [3.8, 4) is 22.9 Å². The van der Waals surface area contributed by atoms with Crippen LogP contribution in [0.4, 0.5) is 5.69 Å². The smallest absolute Gasteiger partial charge is 0.291 e. The molecule has 1 amide bonds. The number of thiazole rings is 1. The molecule has 0 unspecified atom stereocenters. The van der Waals surface area contributed by atoms with Gasteiger partial charge in [0.25, 0.3) is 11.5 Å². The summed E-state index contributed by atoms with van der Waals surface area (Å²) in [5.74, 6) is 1.36. The van der Waals surface area contributed by atoms with Crippen LogP contribution in [0.15, 0.2) is 47.3 Å². The van der Waals surface area contributed by atoms with E-state index in [0.29, 0.717) is 44.5 Å². The molecular formula is C22H18N4O4S. The molecule has 0 atom stereocenters. The number of para-hydroxylation sites is 1. The van der Waals surface area contributed by atoms with Gasteiger partial charge in [-0.05, 0) is 31.2 Å². The number of carbonyl (C=O) groups is 1. The Balaban J connectivity index is 1.68. The van der Waals surface area contributed by atoms with Crippen molar-refractivity contribution in [1.82, 2.24) is 14.6 Å². The van der Waals surface area contributed by atoms with Gasteiger partial charge in [-0.25, -0.2) is 0 Å². The lowest BCUT2D eigenvalue weighted by Gasteiger charge is -2.13. The lowest BCUT2D eigenvalue weighted by atomic mass is 10.1. The number of benzene rings is 2. The molecule has 5 rings (SSSR count). The lowest BCUT2D eigenvalue weighted by molar-refractivity contribution is -0.113. The second kappa shape index (κ2) is 7.21. The van der Waals surface area contributed by atoms with E-state index >= 15 is 0 Å². The zero-order valence-electron chi connectivity index (χ0n) is 17.1. The lowest BCUT2D eigenvalue weighted by Crippen LogP contribution is -2.32. The van der Waals surface area contributed by atoms with Gasteiger partial charge in [-0.2, -0.15) is 9.50 Å². The third-order valence-corrected chi connectivity index (χ3v) is 6.30. The Morgan fingerprint density at radius 2 is 1.81 bits per heavy atom. The maximum atomic E-state index is 13.2. The van der Waals surface area contributed by atoms with Crippen molar-refractivity contribution in [2.45, 2.75) is 6.92 Å². The highest BCUT2D eigenvalue weighted by atomic mass is 32.1. The Kier molecular flexibility index (Phi) is 4.48. The second-order valence-electron chi connectivity index (χ2n) is 6.88. The highest BCUT2D eigenvalue weighted by molar-refractivity contribution is 7.15. The maximum Gasteiger partial charge on any atom is 0.291 e. The predicted molar refractivity (Wildman–Crippen MR) is 118 cm³/mol. The van der Waals surface area contributed by atoms with Crippen LogP contribution in [0.5, 0.6) is 11.5 Å². The quantitative estimate of drug-likeness (QED) is 0.489. The minimum absolute atomic E-state index is 0.176. The van der Waals surface area contributed by atoms with Crippen LogP contribution in [0.3, 0.4) is 0 Å². The van der Waals surface area contributed by atoms with Crippen LogP contribution >= 0.6 is 11.3 Å². The summed E-state index contributed by atoms with van der Waals surface area (Å²) in [7, 11) is 3.11. The molecule has 0 saturated heterocycles. The molecule has 0 N–H and O–H groups in total. The fourth-order valence-electron chi connectivity index (χ4n) is 3.80. The van der Waals surface area contributed by atoms with E-state index in [1.165, 1.54) is 15.9 Å². The van der Waals surface area contributed by atoms with E-state index in [0.717, 1.165) is 11.3 Å². The topological polar surface area (TPSA) is 86.0 Å². The fraction of sp³-hybridized carbons (Fsp3) is 0.182. The van der Waals surface area contributed by atoms with Crippen molar-refractivity contribution < 1.29 is 14.3 Å². The molecule has 1 aliphatic heterocycles. The summed E-state index contributed by atoms with van der Waals surface area (Å²) in [6, 6.07) is 12.8. The zero-order chi connectivity index (χ0) is 21.7. The molecule has 9 heteroatoms. The highest BCUT2D eigenvalue weighted by Gasteiger charge is 2.33. The molecule has 156 valence electrons. The number of anilines is 1. The van der Waals surface area contributed by atoms with Crippen molar-refractivity contribution in [2.75, 3.05) is 25.7 Å². The Bertz CT molecular complexity index is 1460. The molecule has 2 aromatic heterocycles. The molecule has 0 saturated carbocycles. The van der Waals surface area contributed by atoms with E-state index < -0.39 is 0 Å². The Hall–Kier alpha value is -3.72. The minimum Gasteiger partial charge on any atom is -0.493 e. The predicted octanol–water partition coefficient (Wildman–Crippen LogP) is 2.12. The zero-order valence-corrected chi connectivity index (χ0v) is 17.9. The van der Waals surface area contributed by atoms with Crippen LogP contribution in [0, 0.1) is 0 Å². The number of methoxy groups -OCH3 is 2. The van der Waals surface area contributed by atoms with Gasteiger partial charge < -0.3 is 14.4 Å². The number of ether oxygens (including phenoxy) is 2. The number of amides is 1. The van der Waals surface area contributed by atoms with Crippen molar-refractivity contribution in [1.29, 1.82) is 0 Å². The van der Waals surface area contributed by atoms with Gasteiger partial charge in [-0.1, -0.05) is 29.5 Å². The number of carbonyl (C=O) groups excluding carboxylic acids is 1. The Morgan fingerprint density at radius 1 is 1.03 bits per heavy atom. The molecule has 0 spiro atoms. The first-order valence-corrected chi connectivity index (χ1v) is 10.5. The monoisotopic (exact) mass is 434 g/mol. The van der Waals surface area contributed by atoms with Crippen LogP contribution in [0.1, 0.15) is 12.5 Å². The van der Waals surface area contributed by atoms with Crippen molar-refractivity contribution in [2.24, 2.45) is 0 Å². The van der Waals surface area contributed by atoms with Crippen LogP contribution in [-0.2, 0) is 4.79 Å². The van der Waals surface area contributed by atoms with E-state index in [1.807, 2.05) is 31.2 Å². The number of rotatable bonds is 4. The normalized spacial score (nSPS) is 14.9. The third kappa shape index (κ3) is 2.81. The summed E-state index contributed by atoms with van der Waals surface area (Å²) in [6.45, 7) is 2.44. The highest BCUT2D eigenvalue weighted by Crippen LogP contribution is 2.35. The van der Waals surface area contributed by atoms with Gasteiger partial charge >= 0.3 is 0 Å². The minimum atomic E-state index is -0.352. The number of nitrogens with zero attached hydrogens (tertiary/aromatic N) is 4. The van der Waals surface area contributed by atoms with Crippen LogP contribution in [0.25, 0.3) is 21.9 Å². The number of fused-ring (bicyclic) bond motifs is 2. The van der Waals surface area contributed by atoms with E-state index in [2.05, 4.69) is 10.1 Å². The van der Waals surface area contributed by atoms with Crippen LogP contribution in [-0.4, -0.2) is 41.3 Å². The van der Waals surface area contributed by atoms with E-state index in [1.54, 1.807) is 37.3 Å². The molecule has 0 radical (unpaired) electrons. The molecule has 8 nitrogen and oxygen atoms in total. The first-order chi connectivity index (χ1) is 15.1. The first kappa shape index (κ1) is 19.3. The van der Waals surface area contributed by atoms with Gasteiger partial charge in [0.1, 0.15) is 4.53 Å². The first-order valence-electron chi connectivity index (χ1n) is 9.65. The summed E-state index contributed by atoms with van der Waals surface area (Å²) in [4.78, 5) is 32.8. The fourth-order valence-corrected chi connectivity index (χ4v) is 4.79. The van der Waals surface area contributed by atoms with Gasteiger partial charge in [0.15, 0.2) is 17.3 Å². The van der Waals surface area contributed by atoms with Crippen LogP contribution in [0.2, 0.25) is 0 Å². The summed E-state index contributed by atoms with van der Waals surface area (Å²) < 4.78 is 12.2. The molecule has 2 aromatic carbocycles. The molecule has 1 aliphatic rings. The van der Waals surface area contributed by atoms with Crippen LogP contribution < -0.4 is 24.5 Å². The molecule has 0 fully saturated rings. The number of likely N-dealkylation sites (N-methyl/N-ethyl adjacent to an activating group) is 1. The van der Waals surface area contributed by atoms with Crippen molar-refractivity contribution in [3.05, 3.63) is 62.9 Å². The van der Waals surface area contributed by atoms with Gasteiger partial charge in [-0.15, -0.1) is 5.10 Å². The summed E-state index contributed by atoms with van der Waals surface area (Å²) in [5, 5.41) is 4.39. The summed E-state index contributed by atoms with van der Waals surface area (Å²) in [5.41, 5.74) is 2.33. The summed E-state index contributed by atoms with van der Waals surface area (Å²) in [6.07, 6.45) is 0. The molecule has 0 bridgehead atoms. The van der Waals surface area contributed by atoms with Crippen molar-refractivity contribution in [3.63, 3.8) is 0 Å². The SMILES string of the molecule is CCN1C(=O)C(=c2sc3nc(-c4ccc(OC)c(OC)c4)nn3c2=O)c2ccccc21. The van der Waals surface area contributed by atoms with E-state index in [4.69, 9.17) is 9.47 Å². The molecule has 0 aliphatic carbocycles. The molecular weight excluding hydrogens is 416 g/mol. The van der Waals surface area contributed by atoms with Gasteiger partial charge in [0.05, 0.1) is 25.5 Å². The molecule has 31 heavy (non-hydrogen) atoms. The average Bonchev–Trinajstić information content (AvgIpc) is 3.43. The largest absolute Gasteiger partial charge is 0.493 e. The Morgan fingerprint density at radius 3 is 2.52 bits per heavy atom. The van der Waals surface area contributed by atoms with E-state index in [9.17, 15) is 9.59 Å². The maximum absolute atomic E-state index is 13.2. The number of hydrogen-bond donors (Lipinski definition) is 0. The third-order valence-electron chi connectivity index (χ3n) is 5.27. The average molecular weight is 434 g/mol. The number of aromatic nitrogens is 3. The molecule has 4 aromatic rings. The van der Waals surface area contributed by atoms with E-state index in [-0.39, 0.29) is 11.5 Å².